The van der Waals surface area contributed by atoms with Crippen molar-refractivity contribution in [2.24, 2.45) is 0 Å². The van der Waals surface area contributed by atoms with Gasteiger partial charge in [0.1, 0.15) is 5.82 Å². The topological polar surface area (TPSA) is 91.5 Å². The smallest absolute Gasteiger partial charge is 0.291 e. The minimum Gasteiger partial charge on any atom is -0.355 e. The van der Waals surface area contributed by atoms with Gasteiger partial charge in [-0.3, -0.25) is 4.79 Å². The third kappa shape index (κ3) is 4.08. The van der Waals surface area contributed by atoms with Crippen molar-refractivity contribution in [3.05, 3.63) is 28.8 Å². The summed E-state index contributed by atoms with van der Waals surface area (Å²) >= 11 is 0. The number of rotatable bonds is 5. The lowest BCUT2D eigenvalue weighted by Crippen LogP contribution is -2.33. The molecule has 0 N–H and O–H groups in total. The monoisotopic (exact) mass is 373 g/mol. The van der Waals surface area contributed by atoms with Crippen LogP contribution in [0.2, 0.25) is 0 Å². The van der Waals surface area contributed by atoms with E-state index >= 15 is 0 Å². The number of amides is 1. The molecule has 0 aromatic carbocycles. The number of carbonyl (C=O) groups is 1. The molecule has 3 rings (SSSR count). The molecule has 2 aromatic rings. The summed E-state index contributed by atoms with van der Waals surface area (Å²) in [6.45, 7) is 7.71. The van der Waals surface area contributed by atoms with Crippen LogP contribution < -0.4 is 4.90 Å². The Morgan fingerprint density at radius 3 is 2.52 bits per heavy atom. The van der Waals surface area contributed by atoms with Gasteiger partial charge in [0, 0.05) is 44.4 Å². The molecule has 2 aromatic heterocycles. The highest BCUT2D eigenvalue weighted by atomic mass is 16.5. The molecule has 1 amide bonds. The summed E-state index contributed by atoms with van der Waals surface area (Å²) in [4.78, 5) is 32.0. The fourth-order valence-corrected chi connectivity index (χ4v) is 3.23. The molecule has 9 heteroatoms. The van der Waals surface area contributed by atoms with Crippen molar-refractivity contribution >= 4 is 11.7 Å². The molecule has 1 aliphatic heterocycles. The van der Waals surface area contributed by atoms with Gasteiger partial charge < -0.3 is 19.2 Å². The molecule has 1 saturated heterocycles. The molecule has 3 heterocycles. The molecule has 1 fully saturated rings. The van der Waals surface area contributed by atoms with E-state index in [1.165, 1.54) is 4.90 Å². The molecular weight excluding hydrogens is 346 g/mol. The Bertz CT molecular complexity index is 833. The van der Waals surface area contributed by atoms with Crippen LogP contribution in [0.4, 0.5) is 5.82 Å². The molecule has 0 bridgehead atoms. The van der Waals surface area contributed by atoms with E-state index in [2.05, 4.69) is 44.0 Å². The van der Waals surface area contributed by atoms with E-state index in [4.69, 9.17) is 4.52 Å². The summed E-state index contributed by atoms with van der Waals surface area (Å²) in [6, 6.07) is 0.489. The number of aromatic nitrogens is 4. The molecule has 1 aliphatic rings. The molecule has 1 atom stereocenters. The molecule has 9 nitrogen and oxygen atoms in total. The van der Waals surface area contributed by atoms with Gasteiger partial charge in [0.05, 0.1) is 6.54 Å². The van der Waals surface area contributed by atoms with Gasteiger partial charge in [-0.2, -0.15) is 4.98 Å². The van der Waals surface area contributed by atoms with Crippen LogP contribution in [0.25, 0.3) is 0 Å². The Labute approximate surface area is 159 Å². The molecule has 146 valence electrons. The zero-order chi connectivity index (χ0) is 19.7. The minimum atomic E-state index is -0.259. The van der Waals surface area contributed by atoms with Crippen LogP contribution in [-0.2, 0) is 6.54 Å². The van der Waals surface area contributed by atoms with Gasteiger partial charge in [0.25, 0.3) is 5.91 Å². The maximum absolute atomic E-state index is 12.8. The van der Waals surface area contributed by atoms with Crippen molar-refractivity contribution in [1.29, 1.82) is 0 Å². The maximum Gasteiger partial charge on any atom is 0.291 e. The predicted octanol–water partition coefficient (Wildman–Crippen LogP) is 1.20. The largest absolute Gasteiger partial charge is 0.355 e. The third-order valence-corrected chi connectivity index (χ3v) is 5.04. The van der Waals surface area contributed by atoms with E-state index in [0.29, 0.717) is 17.8 Å². The molecule has 0 aliphatic carbocycles. The summed E-state index contributed by atoms with van der Waals surface area (Å²) in [5.74, 6) is 1.72. The summed E-state index contributed by atoms with van der Waals surface area (Å²) in [5.41, 5.74) is 1.84. The zero-order valence-electron chi connectivity index (χ0n) is 16.9. The number of anilines is 1. The van der Waals surface area contributed by atoms with E-state index in [0.717, 1.165) is 36.6 Å². The normalized spacial score (nSPS) is 17.0. The average Bonchev–Trinajstić information content (AvgIpc) is 3.25. The molecule has 0 spiro atoms. The third-order valence-electron chi connectivity index (χ3n) is 5.04. The number of likely N-dealkylation sites (N-methyl/N-ethyl adjacent to an activating group) is 1. The number of hydrogen-bond donors (Lipinski definition) is 0. The summed E-state index contributed by atoms with van der Waals surface area (Å²) in [6.07, 6.45) is 1.08. The summed E-state index contributed by atoms with van der Waals surface area (Å²) < 4.78 is 4.96. The Hall–Kier alpha value is -2.55. The van der Waals surface area contributed by atoms with Gasteiger partial charge in [0.15, 0.2) is 5.82 Å². The molecule has 27 heavy (non-hydrogen) atoms. The SMILES string of the molecule is Cc1nc(CN(C)C(=O)c2nc(C)c(C)c(N3CC[C@@H](N(C)C)C3)n2)no1. The van der Waals surface area contributed by atoms with Gasteiger partial charge in [-0.1, -0.05) is 5.16 Å². The minimum absolute atomic E-state index is 0.198. The quantitative estimate of drug-likeness (QED) is 0.772. The first-order valence-corrected chi connectivity index (χ1v) is 9.07. The number of carbonyl (C=O) groups excluding carboxylic acids is 1. The molecule has 0 radical (unpaired) electrons. The fourth-order valence-electron chi connectivity index (χ4n) is 3.23. The van der Waals surface area contributed by atoms with Gasteiger partial charge in [-0.25, -0.2) is 9.97 Å². The average molecular weight is 373 g/mol. The van der Waals surface area contributed by atoms with Crippen LogP contribution in [0, 0.1) is 20.8 Å². The Morgan fingerprint density at radius 2 is 1.93 bits per heavy atom. The fraction of sp³-hybridized carbons (Fsp3) is 0.611. The van der Waals surface area contributed by atoms with E-state index in [-0.39, 0.29) is 18.3 Å². The second-order valence-corrected chi connectivity index (χ2v) is 7.32. The molecule has 0 saturated carbocycles. The van der Waals surface area contributed by atoms with Gasteiger partial charge >= 0.3 is 0 Å². The molecule has 0 unspecified atom stereocenters. The Balaban J connectivity index is 1.81. The lowest BCUT2D eigenvalue weighted by Gasteiger charge is -2.23. The van der Waals surface area contributed by atoms with Crippen molar-refractivity contribution in [3.63, 3.8) is 0 Å². The predicted molar refractivity (Wildman–Crippen MR) is 101 cm³/mol. The highest BCUT2D eigenvalue weighted by molar-refractivity contribution is 5.90. The highest BCUT2D eigenvalue weighted by Gasteiger charge is 2.28. The lowest BCUT2D eigenvalue weighted by atomic mass is 10.2. The number of nitrogens with zero attached hydrogens (tertiary/aromatic N) is 7. The van der Waals surface area contributed by atoms with Crippen molar-refractivity contribution in [3.8, 4) is 0 Å². The van der Waals surface area contributed by atoms with Crippen molar-refractivity contribution < 1.29 is 9.32 Å². The Morgan fingerprint density at radius 1 is 1.19 bits per heavy atom. The first-order chi connectivity index (χ1) is 12.8. The first-order valence-electron chi connectivity index (χ1n) is 9.07. The highest BCUT2D eigenvalue weighted by Crippen LogP contribution is 2.25. The van der Waals surface area contributed by atoms with Crippen molar-refractivity contribution in [2.75, 3.05) is 39.1 Å². The zero-order valence-corrected chi connectivity index (χ0v) is 16.9. The summed E-state index contributed by atoms with van der Waals surface area (Å²) in [5, 5.41) is 3.84. The standard InChI is InChI=1S/C18H27N7O2/c1-11-12(2)19-16(18(26)24(6)10-15-20-13(3)27-22-15)21-17(11)25-8-7-14(9-25)23(4)5/h14H,7-10H2,1-6H3/t14-/m1/s1. The number of aryl methyl sites for hydroxylation is 2. The van der Waals surface area contributed by atoms with Crippen LogP contribution in [0.15, 0.2) is 4.52 Å². The van der Waals surface area contributed by atoms with Gasteiger partial charge in [-0.15, -0.1) is 0 Å². The second kappa shape index (κ2) is 7.59. The molecular formula is C18H27N7O2. The van der Waals surface area contributed by atoms with Crippen LogP contribution >= 0.6 is 0 Å². The Kier molecular flexibility index (Phi) is 5.41. The van der Waals surface area contributed by atoms with Gasteiger partial charge in [0.2, 0.25) is 11.7 Å². The van der Waals surface area contributed by atoms with Crippen LogP contribution in [0.3, 0.4) is 0 Å². The van der Waals surface area contributed by atoms with E-state index in [1.54, 1.807) is 14.0 Å². The summed E-state index contributed by atoms with van der Waals surface area (Å²) in [7, 11) is 5.87. The van der Waals surface area contributed by atoms with Crippen LogP contribution in [0.5, 0.6) is 0 Å². The first kappa shape index (κ1) is 19.2. The van der Waals surface area contributed by atoms with Crippen LogP contribution in [-0.4, -0.2) is 76.1 Å². The van der Waals surface area contributed by atoms with Crippen LogP contribution in [0.1, 0.15) is 40.0 Å². The van der Waals surface area contributed by atoms with Crippen molar-refractivity contribution in [1.82, 2.24) is 29.9 Å². The van der Waals surface area contributed by atoms with E-state index in [9.17, 15) is 4.79 Å². The lowest BCUT2D eigenvalue weighted by molar-refractivity contribution is 0.0768. The van der Waals surface area contributed by atoms with Gasteiger partial charge in [-0.05, 0) is 34.4 Å². The number of hydrogen-bond acceptors (Lipinski definition) is 8. The maximum atomic E-state index is 12.8. The van der Waals surface area contributed by atoms with Crippen molar-refractivity contribution in [2.45, 2.75) is 39.8 Å². The van der Waals surface area contributed by atoms with E-state index in [1.807, 2.05) is 13.8 Å². The second-order valence-electron chi connectivity index (χ2n) is 7.32. The van der Waals surface area contributed by atoms with E-state index < -0.39 is 0 Å².